The number of hydrogen-bond acceptors (Lipinski definition) is 8. The first-order valence-corrected chi connectivity index (χ1v) is 11.7. The number of rotatable bonds is 6. The van der Waals surface area contributed by atoms with Crippen LogP contribution in [-0.2, 0) is 4.79 Å². The minimum Gasteiger partial charge on any atom is -0.497 e. The van der Waals surface area contributed by atoms with Gasteiger partial charge in [0.2, 0.25) is 11.9 Å². The summed E-state index contributed by atoms with van der Waals surface area (Å²) in [4.78, 5) is 52.0. The zero-order valence-corrected chi connectivity index (χ0v) is 20.1. The van der Waals surface area contributed by atoms with Gasteiger partial charge in [0.1, 0.15) is 18.1 Å². The van der Waals surface area contributed by atoms with Gasteiger partial charge in [-0.15, -0.1) is 0 Å². The highest BCUT2D eigenvalue weighted by Gasteiger charge is 2.37. The molecule has 10 heteroatoms. The number of fused-ring (bicyclic) bond motifs is 1. The number of imide groups is 1. The summed E-state index contributed by atoms with van der Waals surface area (Å²) >= 11 is 0. The Morgan fingerprint density at radius 3 is 2.19 bits per heavy atom. The molecule has 1 N–H and O–H groups in total. The summed E-state index contributed by atoms with van der Waals surface area (Å²) in [5.74, 6) is 0.928. The maximum absolute atomic E-state index is 12.9. The van der Waals surface area contributed by atoms with Gasteiger partial charge in [-0.2, -0.15) is 4.98 Å². The monoisotopic (exact) mass is 486 g/mol. The van der Waals surface area contributed by atoms with Gasteiger partial charge in [-0.3, -0.25) is 19.3 Å². The Morgan fingerprint density at radius 2 is 1.58 bits per heavy atom. The zero-order valence-electron chi connectivity index (χ0n) is 20.1. The Labute approximate surface area is 208 Å². The number of anilines is 3. The average Bonchev–Trinajstić information content (AvgIpc) is 3.14. The molecule has 2 aliphatic heterocycles. The second kappa shape index (κ2) is 9.65. The van der Waals surface area contributed by atoms with Crippen LogP contribution < -0.4 is 15.0 Å². The Balaban J connectivity index is 1.20. The molecule has 1 fully saturated rings. The van der Waals surface area contributed by atoms with Crippen LogP contribution in [0.4, 0.5) is 17.5 Å². The first-order valence-electron chi connectivity index (χ1n) is 11.7. The standard InChI is InChI=1S/C26H26N6O4/c1-17-15-22(28-18-7-9-19(36-2)10-8-18)29-26(27-17)31-13-11-30(12-14-31)23(33)16-32-24(34)20-5-3-4-6-21(20)25(32)35/h3-10,15H,11-14,16H2,1-2H3,(H,27,28,29). The lowest BCUT2D eigenvalue weighted by atomic mass is 10.1. The van der Waals surface area contributed by atoms with E-state index in [2.05, 4.69) is 15.3 Å². The third kappa shape index (κ3) is 4.57. The van der Waals surface area contributed by atoms with Crippen molar-refractivity contribution in [3.63, 3.8) is 0 Å². The molecule has 3 aromatic rings. The molecule has 2 aromatic carbocycles. The third-order valence-corrected chi connectivity index (χ3v) is 6.29. The second-order valence-corrected chi connectivity index (χ2v) is 8.66. The number of aromatic nitrogens is 2. The fourth-order valence-corrected chi connectivity index (χ4v) is 4.35. The molecule has 0 bridgehead atoms. The van der Waals surface area contributed by atoms with Gasteiger partial charge in [0.25, 0.3) is 11.8 Å². The minimum absolute atomic E-state index is 0.254. The van der Waals surface area contributed by atoms with Crippen LogP contribution in [0.3, 0.4) is 0 Å². The number of ether oxygens (including phenoxy) is 1. The molecule has 1 aromatic heterocycles. The molecule has 184 valence electrons. The van der Waals surface area contributed by atoms with Crippen molar-refractivity contribution in [3.05, 3.63) is 71.4 Å². The summed E-state index contributed by atoms with van der Waals surface area (Å²) < 4.78 is 5.20. The zero-order chi connectivity index (χ0) is 25.2. The molecule has 0 saturated carbocycles. The predicted octanol–water partition coefficient (Wildman–Crippen LogP) is 2.48. The Morgan fingerprint density at radius 1 is 0.944 bits per heavy atom. The second-order valence-electron chi connectivity index (χ2n) is 8.66. The van der Waals surface area contributed by atoms with Crippen LogP contribution in [0.25, 0.3) is 0 Å². The van der Waals surface area contributed by atoms with E-state index >= 15 is 0 Å². The van der Waals surface area contributed by atoms with E-state index in [1.165, 1.54) is 0 Å². The van der Waals surface area contributed by atoms with Crippen molar-refractivity contribution in [1.82, 2.24) is 19.8 Å². The molecule has 1 saturated heterocycles. The van der Waals surface area contributed by atoms with Crippen LogP contribution in [0, 0.1) is 6.92 Å². The van der Waals surface area contributed by atoms with Crippen LogP contribution in [-0.4, -0.2) is 77.3 Å². The minimum atomic E-state index is -0.423. The van der Waals surface area contributed by atoms with Crippen molar-refractivity contribution in [2.75, 3.05) is 50.1 Å². The highest BCUT2D eigenvalue weighted by atomic mass is 16.5. The largest absolute Gasteiger partial charge is 0.497 e. The highest BCUT2D eigenvalue weighted by molar-refractivity contribution is 6.22. The van der Waals surface area contributed by atoms with E-state index in [0.717, 1.165) is 22.0 Å². The number of nitrogens with one attached hydrogen (secondary N) is 1. The van der Waals surface area contributed by atoms with Crippen molar-refractivity contribution >= 4 is 35.2 Å². The molecule has 0 spiro atoms. The number of carbonyl (C=O) groups excluding carboxylic acids is 3. The van der Waals surface area contributed by atoms with Crippen molar-refractivity contribution in [3.8, 4) is 5.75 Å². The van der Waals surface area contributed by atoms with Crippen molar-refractivity contribution in [1.29, 1.82) is 0 Å². The Bertz CT molecular complexity index is 1280. The quantitative estimate of drug-likeness (QED) is 0.530. The number of carbonyl (C=O) groups is 3. The number of benzene rings is 2. The summed E-state index contributed by atoms with van der Waals surface area (Å²) in [5, 5.41) is 3.29. The first kappa shape index (κ1) is 23.3. The van der Waals surface area contributed by atoms with E-state index in [4.69, 9.17) is 4.74 Å². The lowest BCUT2D eigenvalue weighted by Gasteiger charge is -2.35. The van der Waals surface area contributed by atoms with Gasteiger partial charge in [0, 0.05) is 43.6 Å². The molecule has 0 atom stereocenters. The van der Waals surface area contributed by atoms with E-state index in [-0.39, 0.29) is 12.5 Å². The number of methoxy groups -OCH3 is 1. The van der Waals surface area contributed by atoms with Gasteiger partial charge in [0.05, 0.1) is 18.2 Å². The summed E-state index contributed by atoms with van der Waals surface area (Å²) in [6, 6.07) is 16.1. The first-order chi connectivity index (χ1) is 17.4. The van der Waals surface area contributed by atoms with E-state index in [1.54, 1.807) is 36.3 Å². The third-order valence-electron chi connectivity index (χ3n) is 6.29. The number of piperazine rings is 1. The van der Waals surface area contributed by atoms with Gasteiger partial charge in [-0.05, 0) is 43.3 Å². The van der Waals surface area contributed by atoms with Crippen LogP contribution in [0.15, 0.2) is 54.6 Å². The topological polar surface area (TPSA) is 108 Å². The maximum Gasteiger partial charge on any atom is 0.262 e. The van der Waals surface area contributed by atoms with Crippen LogP contribution >= 0.6 is 0 Å². The molecule has 0 radical (unpaired) electrons. The van der Waals surface area contributed by atoms with Crippen LogP contribution in [0.5, 0.6) is 5.75 Å². The fraction of sp³-hybridized carbons (Fsp3) is 0.269. The van der Waals surface area contributed by atoms with Crippen molar-refractivity contribution in [2.45, 2.75) is 6.92 Å². The molecule has 10 nitrogen and oxygen atoms in total. The SMILES string of the molecule is COc1ccc(Nc2cc(C)nc(N3CCN(C(=O)CN4C(=O)c5ccccc5C4=O)CC3)n2)cc1. The number of nitrogens with zero attached hydrogens (tertiary/aromatic N) is 5. The molecular weight excluding hydrogens is 460 g/mol. The van der Waals surface area contributed by atoms with E-state index in [9.17, 15) is 14.4 Å². The Hall–Kier alpha value is -4.47. The van der Waals surface area contributed by atoms with Crippen LogP contribution in [0.1, 0.15) is 26.4 Å². The van der Waals surface area contributed by atoms with Gasteiger partial charge in [0.15, 0.2) is 0 Å². The summed E-state index contributed by atoms with van der Waals surface area (Å²) in [5.41, 5.74) is 2.38. The number of aryl methyl sites for hydroxylation is 1. The molecule has 2 aliphatic rings. The fourth-order valence-electron chi connectivity index (χ4n) is 4.35. The summed E-state index contributed by atoms with van der Waals surface area (Å²) in [6.07, 6.45) is 0. The van der Waals surface area contributed by atoms with E-state index < -0.39 is 11.8 Å². The number of hydrogen-bond donors (Lipinski definition) is 1. The van der Waals surface area contributed by atoms with E-state index in [1.807, 2.05) is 42.2 Å². The lowest BCUT2D eigenvalue weighted by Crippen LogP contribution is -2.52. The summed E-state index contributed by atoms with van der Waals surface area (Å²) in [6.45, 7) is 3.62. The smallest absolute Gasteiger partial charge is 0.262 e. The van der Waals surface area contributed by atoms with Gasteiger partial charge < -0.3 is 19.9 Å². The highest BCUT2D eigenvalue weighted by Crippen LogP contribution is 2.24. The van der Waals surface area contributed by atoms with Crippen molar-refractivity contribution < 1.29 is 19.1 Å². The van der Waals surface area contributed by atoms with Crippen molar-refractivity contribution in [2.24, 2.45) is 0 Å². The normalized spacial score (nSPS) is 15.2. The van der Waals surface area contributed by atoms with Gasteiger partial charge in [-0.25, -0.2) is 4.98 Å². The van der Waals surface area contributed by atoms with Gasteiger partial charge in [-0.1, -0.05) is 12.1 Å². The molecule has 0 aliphatic carbocycles. The van der Waals surface area contributed by atoms with Crippen LogP contribution in [0.2, 0.25) is 0 Å². The van der Waals surface area contributed by atoms with Gasteiger partial charge >= 0.3 is 0 Å². The number of amides is 3. The molecular formula is C26H26N6O4. The molecule has 3 heterocycles. The lowest BCUT2D eigenvalue weighted by molar-refractivity contribution is -0.131. The summed E-state index contributed by atoms with van der Waals surface area (Å²) in [7, 11) is 1.63. The molecule has 36 heavy (non-hydrogen) atoms. The molecule has 0 unspecified atom stereocenters. The Kier molecular flexibility index (Phi) is 6.24. The maximum atomic E-state index is 12.9. The predicted molar refractivity (Wildman–Crippen MR) is 134 cm³/mol. The van der Waals surface area contributed by atoms with E-state index in [0.29, 0.717) is 49.1 Å². The average molecular weight is 487 g/mol. The molecule has 5 rings (SSSR count). The molecule has 3 amide bonds.